The number of aromatic nitrogens is 2. The van der Waals surface area contributed by atoms with Gasteiger partial charge in [-0.2, -0.15) is 0 Å². The fourth-order valence-electron chi connectivity index (χ4n) is 7.32. The number of fused-ring (bicyclic) bond motifs is 1. The van der Waals surface area contributed by atoms with Crippen LogP contribution in [0.15, 0.2) is 69.9 Å². The minimum Gasteiger partial charge on any atom is -0.370 e. The molecule has 0 aliphatic carbocycles. The lowest BCUT2D eigenvalue weighted by Crippen LogP contribution is -2.71. The van der Waals surface area contributed by atoms with E-state index < -0.39 is 11.7 Å². The number of halogens is 3. The molecule has 4 heterocycles. The number of carbonyl (C=O) groups is 2. The van der Waals surface area contributed by atoms with Crippen LogP contribution in [0.4, 0.5) is 10.1 Å². The molecule has 47 heavy (non-hydrogen) atoms. The van der Waals surface area contributed by atoms with Gasteiger partial charge in [0.1, 0.15) is 11.5 Å². The summed E-state index contributed by atoms with van der Waals surface area (Å²) in [6.45, 7) is 8.07. The first-order chi connectivity index (χ1) is 22.4. The van der Waals surface area contributed by atoms with Crippen molar-refractivity contribution in [2.45, 2.75) is 39.5 Å². The van der Waals surface area contributed by atoms with E-state index in [2.05, 4.69) is 38.1 Å². The normalized spacial score (nSPS) is 18.5. The van der Waals surface area contributed by atoms with Crippen molar-refractivity contribution < 1.29 is 14.0 Å². The van der Waals surface area contributed by atoms with E-state index in [-0.39, 0.29) is 53.6 Å². The molecule has 2 fully saturated rings. The van der Waals surface area contributed by atoms with Crippen molar-refractivity contribution in [2.24, 2.45) is 5.41 Å². The van der Waals surface area contributed by atoms with Crippen molar-refractivity contribution in [3.63, 3.8) is 0 Å². The monoisotopic (exact) mass is 720 g/mol. The minimum absolute atomic E-state index is 0.0446. The summed E-state index contributed by atoms with van der Waals surface area (Å²) in [6.07, 6.45) is 0. The molecule has 3 aliphatic heterocycles. The van der Waals surface area contributed by atoms with Gasteiger partial charge in [-0.05, 0) is 81.1 Å². The molecule has 9 nitrogen and oxygen atoms in total. The maximum Gasteiger partial charge on any atom is 0.333 e. The zero-order chi connectivity index (χ0) is 33.2. The van der Waals surface area contributed by atoms with Crippen molar-refractivity contribution >= 4 is 45.0 Å². The van der Waals surface area contributed by atoms with Crippen molar-refractivity contribution in [1.29, 1.82) is 0 Å². The summed E-state index contributed by atoms with van der Waals surface area (Å²) in [7, 11) is 2.13. The molecule has 3 aromatic carbocycles. The van der Waals surface area contributed by atoms with Crippen LogP contribution < -0.4 is 15.9 Å². The molecule has 1 spiro atoms. The molecule has 12 heteroatoms. The molecule has 0 saturated carbocycles. The Kier molecular flexibility index (Phi) is 8.05. The van der Waals surface area contributed by atoms with Gasteiger partial charge in [0.05, 0.1) is 17.9 Å². The van der Waals surface area contributed by atoms with Crippen LogP contribution >= 0.6 is 27.5 Å². The smallest absolute Gasteiger partial charge is 0.333 e. The Morgan fingerprint density at radius 2 is 1.74 bits per heavy atom. The number of benzene rings is 3. The van der Waals surface area contributed by atoms with E-state index in [4.69, 9.17) is 11.6 Å². The second-order valence-electron chi connectivity index (χ2n) is 13.2. The van der Waals surface area contributed by atoms with Crippen LogP contribution in [0.2, 0.25) is 5.02 Å². The molecule has 1 atom stereocenters. The van der Waals surface area contributed by atoms with Crippen molar-refractivity contribution in [3.8, 4) is 5.69 Å². The van der Waals surface area contributed by atoms with Crippen molar-refractivity contribution in [2.75, 3.05) is 38.1 Å². The summed E-state index contributed by atoms with van der Waals surface area (Å²) in [5.41, 5.74) is 3.69. The third-order valence-electron chi connectivity index (χ3n) is 9.65. The maximum absolute atomic E-state index is 14.6. The van der Waals surface area contributed by atoms with Gasteiger partial charge in [0, 0.05) is 77.0 Å². The molecule has 1 N–H and O–H groups in total. The highest BCUT2D eigenvalue weighted by Crippen LogP contribution is 2.41. The fraction of sp³-hybridized carbons (Fsp3) is 0.343. The first-order valence-corrected chi connectivity index (χ1v) is 16.8. The Morgan fingerprint density at radius 3 is 2.40 bits per heavy atom. The van der Waals surface area contributed by atoms with Crippen LogP contribution in [0.25, 0.3) is 5.69 Å². The number of hydrogen-bond donors (Lipinski definition) is 1. The van der Waals surface area contributed by atoms with Crippen molar-refractivity contribution in [3.05, 3.63) is 115 Å². The molecule has 244 valence electrons. The first kappa shape index (κ1) is 31.7. The van der Waals surface area contributed by atoms with Gasteiger partial charge in [0.2, 0.25) is 0 Å². The summed E-state index contributed by atoms with van der Waals surface area (Å²) >= 11 is 9.74. The van der Waals surface area contributed by atoms with E-state index in [9.17, 15) is 18.8 Å². The molecule has 4 aromatic rings. The first-order valence-electron chi connectivity index (χ1n) is 15.6. The van der Waals surface area contributed by atoms with Crippen LogP contribution in [0.1, 0.15) is 44.6 Å². The van der Waals surface area contributed by atoms with Crippen molar-refractivity contribution in [1.82, 2.24) is 24.3 Å². The second-order valence-corrected chi connectivity index (χ2v) is 14.5. The average Bonchev–Trinajstić information content (AvgIpc) is 3.29. The standard InChI is InChI=1S/C35H35BrClFN6O3/c1-21-13-23(7-12-27(21)36)33(46)42-16-30-31(32(45)39-14-26-28(37)5-4-6-29(26)38)44(34(47)43(30)15-22(42)2)25-10-8-24(9-11-25)41-19-35(20-41)17-40(3)18-35/h4-13,22H,14-20H2,1-3H3,(H,39,45)/t22-/m0/s1. The van der Waals surface area contributed by atoms with Gasteiger partial charge >= 0.3 is 5.69 Å². The van der Waals surface area contributed by atoms with E-state index in [0.29, 0.717) is 22.4 Å². The highest BCUT2D eigenvalue weighted by molar-refractivity contribution is 9.10. The number of amides is 2. The number of anilines is 1. The average molecular weight is 722 g/mol. The number of hydrogen-bond acceptors (Lipinski definition) is 5. The highest BCUT2D eigenvalue weighted by atomic mass is 79.9. The molecule has 0 bridgehead atoms. The molecular formula is C35H35BrClFN6O3. The molecule has 3 aliphatic rings. The molecule has 0 unspecified atom stereocenters. The zero-order valence-corrected chi connectivity index (χ0v) is 28.7. The largest absolute Gasteiger partial charge is 0.370 e. The minimum atomic E-state index is -0.570. The number of imidazole rings is 1. The number of carbonyl (C=O) groups excluding carboxylic acids is 2. The number of nitrogens with zero attached hydrogens (tertiary/aromatic N) is 5. The quantitative estimate of drug-likeness (QED) is 0.295. The van der Waals surface area contributed by atoms with Gasteiger partial charge in [-0.1, -0.05) is 33.6 Å². The third-order valence-corrected chi connectivity index (χ3v) is 10.9. The molecule has 0 radical (unpaired) electrons. The van der Waals surface area contributed by atoms with E-state index in [1.807, 2.05) is 50.2 Å². The lowest BCUT2D eigenvalue weighted by Gasteiger charge is -2.60. The summed E-state index contributed by atoms with van der Waals surface area (Å²) in [6, 6.07) is 17.1. The number of likely N-dealkylation sites (tertiary alicyclic amines) is 1. The van der Waals surface area contributed by atoms with Gasteiger partial charge in [0.15, 0.2) is 0 Å². The fourth-order valence-corrected chi connectivity index (χ4v) is 7.79. The number of aryl methyl sites for hydroxylation is 1. The van der Waals surface area contributed by atoms with Gasteiger partial charge in [-0.25, -0.2) is 9.18 Å². The van der Waals surface area contributed by atoms with E-state index in [1.54, 1.807) is 21.6 Å². The SMILES string of the molecule is Cc1cc(C(=O)N2Cc3c(C(=O)NCc4c(F)cccc4Cl)n(-c4ccc(N5CC6(CN(C)C6)C5)cc4)c(=O)n3C[C@@H]2C)ccc1Br. The van der Waals surface area contributed by atoms with Gasteiger partial charge in [-0.15, -0.1) is 0 Å². The zero-order valence-electron chi connectivity index (χ0n) is 26.4. The molecule has 1 aromatic heterocycles. The topological polar surface area (TPSA) is 82.8 Å². The maximum atomic E-state index is 14.6. The Bertz CT molecular complexity index is 1940. The lowest BCUT2D eigenvalue weighted by atomic mass is 9.73. The van der Waals surface area contributed by atoms with E-state index >= 15 is 0 Å². The molecule has 7 rings (SSSR count). The number of rotatable bonds is 6. The summed E-state index contributed by atoms with van der Waals surface area (Å²) in [5.74, 6) is -1.31. The lowest BCUT2D eigenvalue weighted by molar-refractivity contribution is -0.00238. The van der Waals surface area contributed by atoms with Crippen LogP contribution in [0.3, 0.4) is 0 Å². The Balaban J connectivity index is 1.24. The predicted octanol–water partition coefficient (Wildman–Crippen LogP) is 5.23. The Hall–Kier alpha value is -3.93. The summed E-state index contributed by atoms with van der Waals surface area (Å²) in [4.78, 5) is 48.2. The third kappa shape index (κ3) is 5.58. The highest BCUT2D eigenvalue weighted by Gasteiger charge is 2.50. The molecule has 2 amide bonds. The Labute approximate surface area is 285 Å². The van der Waals surface area contributed by atoms with E-state index in [0.717, 1.165) is 41.9 Å². The van der Waals surface area contributed by atoms with Crippen LogP contribution in [-0.2, 0) is 19.6 Å². The van der Waals surface area contributed by atoms with Crippen LogP contribution in [0, 0.1) is 18.2 Å². The van der Waals surface area contributed by atoms with Gasteiger partial charge in [0.25, 0.3) is 11.8 Å². The van der Waals surface area contributed by atoms with Crippen LogP contribution in [-0.4, -0.2) is 70.0 Å². The molecular weight excluding hydrogens is 687 g/mol. The number of nitrogens with one attached hydrogen (secondary N) is 1. The second kappa shape index (κ2) is 11.9. The predicted molar refractivity (Wildman–Crippen MR) is 183 cm³/mol. The Morgan fingerprint density at radius 1 is 1.04 bits per heavy atom. The van der Waals surface area contributed by atoms with Crippen LogP contribution in [0.5, 0.6) is 0 Å². The summed E-state index contributed by atoms with van der Waals surface area (Å²) < 4.78 is 18.5. The summed E-state index contributed by atoms with van der Waals surface area (Å²) in [5, 5.41) is 2.98. The molecule has 2 saturated heterocycles. The van der Waals surface area contributed by atoms with Gasteiger partial charge < -0.3 is 20.0 Å². The van der Waals surface area contributed by atoms with Gasteiger partial charge in [-0.3, -0.25) is 18.7 Å². The van der Waals surface area contributed by atoms with E-state index in [1.165, 1.54) is 16.7 Å².